The maximum Gasteiger partial charge on any atom is 0.130 e. The number of aliphatic hydroxyl groups excluding tert-OH is 2. The first-order chi connectivity index (χ1) is 7.58. The highest BCUT2D eigenvalue weighted by molar-refractivity contribution is 5.18. The number of nitrogens with zero attached hydrogens (tertiary/aromatic N) is 1. The molecule has 5 heteroatoms. The normalized spacial score (nSPS) is 11.4. The number of hydrogen-bond donors (Lipinski definition) is 2. The predicted octanol–water partition coefficient (Wildman–Crippen LogP) is 0.750. The molecule has 0 saturated carbocycles. The summed E-state index contributed by atoms with van der Waals surface area (Å²) in [6.45, 7) is -0.219. The van der Waals surface area contributed by atoms with Crippen molar-refractivity contribution < 1.29 is 19.0 Å². The fourth-order valence-electron chi connectivity index (χ4n) is 1.38. The minimum atomic E-state index is -0.624. The third-order valence-electron chi connectivity index (χ3n) is 2.48. The Morgan fingerprint density at radius 2 is 1.88 bits per heavy atom. The molecule has 1 rings (SSSR count). The number of likely N-dealkylation sites (N-methyl/N-ethyl adjacent to an activating group) is 1. The zero-order valence-corrected chi connectivity index (χ0v) is 9.03. The smallest absolute Gasteiger partial charge is 0.130 e. The van der Waals surface area contributed by atoms with Gasteiger partial charge >= 0.3 is 0 Å². The molecular weight excluding hydrogens is 216 g/mol. The molecule has 3 nitrogen and oxygen atoms in total. The van der Waals surface area contributed by atoms with Crippen molar-refractivity contribution in [3.63, 3.8) is 0 Å². The van der Waals surface area contributed by atoms with Crippen LogP contribution < -0.4 is 0 Å². The highest BCUT2D eigenvalue weighted by Gasteiger charge is 2.14. The van der Waals surface area contributed by atoms with Crippen LogP contribution in [0.25, 0.3) is 0 Å². The van der Waals surface area contributed by atoms with E-state index in [4.69, 9.17) is 10.2 Å². The van der Waals surface area contributed by atoms with Crippen molar-refractivity contribution in [3.05, 3.63) is 35.4 Å². The lowest BCUT2D eigenvalue weighted by molar-refractivity contribution is 0.0866. The Kier molecular flexibility index (Phi) is 4.79. The lowest BCUT2D eigenvalue weighted by Gasteiger charge is -2.24. The van der Waals surface area contributed by atoms with Crippen LogP contribution >= 0.6 is 0 Å². The maximum atomic E-state index is 13.3. The third-order valence-corrected chi connectivity index (χ3v) is 2.48. The van der Waals surface area contributed by atoms with Gasteiger partial charge in [-0.3, -0.25) is 4.90 Å². The van der Waals surface area contributed by atoms with E-state index >= 15 is 0 Å². The van der Waals surface area contributed by atoms with E-state index in [1.54, 1.807) is 11.9 Å². The quantitative estimate of drug-likeness (QED) is 0.786. The molecule has 1 aromatic carbocycles. The van der Waals surface area contributed by atoms with E-state index in [0.717, 1.165) is 6.07 Å². The minimum absolute atomic E-state index is 0.206. The molecule has 0 aliphatic carbocycles. The highest BCUT2D eigenvalue weighted by Crippen LogP contribution is 2.12. The maximum absolute atomic E-state index is 13.3. The average Bonchev–Trinajstić information content (AvgIpc) is 2.24. The van der Waals surface area contributed by atoms with Gasteiger partial charge in [0.1, 0.15) is 11.6 Å². The molecule has 0 aliphatic heterocycles. The molecule has 0 radical (unpaired) electrons. The second-order valence-electron chi connectivity index (χ2n) is 3.67. The van der Waals surface area contributed by atoms with Crippen LogP contribution in [0.15, 0.2) is 18.2 Å². The molecule has 0 fully saturated rings. The van der Waals surface area contributed by atoms with E-state index in [9.17, 15) is 8.78 Å². The van der Waals surface area contributed by atoms with Crippen molar-refractivity contribution in [2.45, 2.75) is 12.6 Å². The molecular formula is C11H15F2NO2. The van der Waals surface area contributed by atoms with Gasteiger partial charge < -0.3 is 10.2 Å². The largest absolute Gasteiger partial charge is 0.395 e. The number of aliphatic hydroxyl groups is 2. The number of benzene rings is 1. The monoisotopic (exact) mass is 231 g/mol. The lowest BCUT2D eigenvalue weighted by Crippen LogP contribution is -2.37. The van der Waals surface area contributed by atoms with E-state index in [1.165, 1.54) is 12.1 Å². The molecule has 0 spiro atoms. The van der Waals surface area contributed by atoms with Crippen molar-refractivity contribution in [1.82, 2.24) is 4.90 Å². The van der Waals surface area contributed by atoms with Crippen molar-refractivity contribution >= 4 is 0 Å². The van der Waals surface area contributed by atoms with E-state index in [-0.39, 0.29) is 19.8 Å². The van der Waals surface area contributed by atoms with Crippen LogP contribution in [0.5, 0.6) is 0 Å². The van der Waals surface area contributed by atoms with Crippen LogP contribution in [0.3, 0.4) is 0 Å². The molecule has 0 saturated heterocycles. The summed E-state index contributed by atoms with van der Waals surface area (Å²) >= 11 is 0. The van der Waals surface area contributed by atoms with Crippen LogP contribution in [0.1, 0.15) is 5.56 Å². The van der Waals surface area contributed by atoms with Crippen LogP contribution in [0, 0.1) is 11.6 Å². The molecule has 0 aliphatic rings. The van der Waals surface area contributed by atoms with Gasteiger partial charge in [-0.25, -0.2) is 8.78 Å². The van der Waals surface area contributed by atoms with E-state index in [2.05, 4.69) is 0 Å². The summed E-state index contributed by atoms with van der Waals surface area (Å²) < 4.78 is 25.9. The summed E-state index contributed by atoms with van der Waals surface area (Å²) in [6, 6.07) is 2.91. The molecule has 16 heavy (non-hydrogen) atoms. The van der Waals surface area contributed by atoms with Crippen molar-refractivity contribution in [2.24, 2.45) is 0 Å². The average molecular weight is 231 g/mol. The van der Waals surface area contributed by atoms with E-state index < -0.39 is 17.7 Å². The van der Waals surface area contributed by atoms with Crippen LogP contribution in [0.4, 0.5) is 8.78 Å². The second kappa shape index (κ2) is 5.89. The summed E-state index contributed by atoms with van der Waals surface area (Å²) in [6.07, 6.45) is 0. The fraction of sp³-hybridized carbons (Fsp3) is 0.455. The third kappa shape index (κ3) is 3.23. The van der Waals surface area contributed by atoms with Gasteiger partial charge in [0, 0.05) is 18.2 Å². The molecule has 0 heterocycles. The van der Waals surface area contributed by atoms with Gasteiger partial charge in [-0.1, -0.05) is 6.07 Å². The van der Waals surface area contributed by atoms with E-state index in [0.29, 0.717) is 5.56 Å². The molecule has 0 bridgehead atoms. The first-order valence-corrected chi connectivity index (χ1v) is 4.94. The van der Waals surface area contributed by atoms with Gasteiger partial charge in [-0.05, 0) is 13.1 Å². The molecule has 1 aromatic rings. The highest BCUT2D eigenvalue weighted by atomic mass is 19.1. The van der Waals surface area contributed by atoms with Crippen molar-refractivity contribution in [2.75, 3.05) is 20.3 Å². The predicted molar refractivity (Wildman–Crippen MR) is 55.8 cm³/mol. The summed E-state index contributed by atoms with van der Waals surface area (Å²) in [7, 11) is 1.65. The Hall–Kier alpha value is -1.04. The molecule has 0 unspecified atom stereocenters. The Morgan fingerprint density at radius 3 is 2.38 bits per heavy atom. The van der Waals surface area contributed by atoms with Gasteiger partial charge in [-0.15, -0.1) is 0 Å². The first kappa shape index (κ1) is 13.0. The standard InChI is InChI=1S/C11H15F2NO2/c1-14(10(6-15)7-16)5-8-2-3-9(12)4-11(8)13/h2-4,10,15-16H,5-7H2,1H3. The van der Waals surface area contributed by atoms with Crippen LogP contribution in [0.2, 0.25) is 0 Å². The number of halogens is 2. The van der Waals surface area contributed by atoms with Gasteiger partial charge in [0.15, 0.2) is 0 Å². The molecule has 2 N–H and O–H groups in total. The zero-order valence-electron chi connectivity index (χ0n) is 9.03. The fourth-order valence-corrected chi connectivity index (χ4v) is 1.38. The molecule has 0 amide bonds. The zero-order chi connectivity index (χ0) is 12.1. The molecule has 90 valence electrons. The van der Waals surface area contributed by atoms with Gasteiger partial charge in [0.2, 0.25) is 0 Å². The van der Waals surface area contributed by atoms with Gasteiger partial charge in [0.25, 0.3) is 0 Å². The summed E-state index contributed by atoms with van der Waals surface area (Å²) in [5.41, 5.74) is 0.329. The Labute approximate surface area is 92.9 Å². The van der Waals surface area contributed by atoms with Crippen LogP contribution in [-0.4, -0.2) is 41.4 Å². The van der Waals surface area contributed by atoms with E-state index in [1.807, 2.05) is 0 Å². The molecule has 0 aromatic heterocycles. The first-order valence-electron chi connectivity index (χ1n) is 4.94. The van der Waals surface area contributed by atoms with Crippen LogP contribution in [-0.2, 0) is 6.54 Å². The second-order valence-corrected chi connectivity index (χ2v) is 3.67. The summed E-state index contributed by atoms with van der Waals surface area (Å²) in [4.78, 5) is 1.61. The minimum Gasteiger partial charge on any atom is -0.395 e. The summed E-state index contributed by atoms with van der Waals surface area (Å²) in [5, 5.41) is 17.9. The Balaban J connectivity index is 2.72. The SMILES string of the molecule is CN(Cc1ccc(F)cc1F)C(CO)CO. The number of rotatable bonds is 5. The van der Waals surface area contributed by atoms with Crippen molar-refractivity contribution in [3.8, 4) is 0 Å². The molecule has 0 atom stereocenters. The van der Waals surface area contributed by atoms with Gasteiger partial charge in [0.05, 0.1) is 19.3 Å². The Bertz CT molecular complexity index is 343. The van der Waals surface area contributed by atoms with Crippen molar-refractivity contribution in [1.29, 1.82) is 0 Å². The van der Waals surface area contributed by atoms with Gasteiger partial charge in [-0.2, -0.15) is 0 Å². The lowest BCUT2D eigenvalue weighted by atomic mass is 10.1. The number of hydrogen-bond acceptors (Lipinski definition) is 3. The summed E-state index contributed by atoms with van der Waals surface area (Å²) in [5.74, 6) is -1.24. The Morgan fingerprint density at radius 1 is 1.25 bits per heavy atom. The topological polar surface area (TPSA) is 43.7 Å².